The molecule has 0 aliphatic rings. The number of amides is 1. The van der Waals surface area contributed by atoms with Crippen LogP contribution >= 0.6 is 11.3 Å². The number of ether oxygens (including phenoxy) is 2. The normalized spacial score (nSPS) is 11.5. The number of carbonyl (C=O) groups is 1. The van der Waals surface area contributed by atoms with Crippen LogP contribution in [0.25, 0.3) is 10.2 Å². The van der Waals surface area contributed by atoms with E-state index in [-0.39, 0.29) is 5.91 Å². The third-order valence-electron chi connectivity index (χ3n) is 3.81. The number of para-hydroxylation sites is 2. The Morgan fingerprint density at radius 1 is 1.23 bits per heavy atom. The van der Waals surface area contributed by atoms with Gasteiger partial charge in [0.2, 0.25) is 0 Å². The zero-order valence-corrected chi connectivity index (χ0v) is 15.6. The Kier molecular flexibility index (Phi) is 5.53. The van der Waals surface area contributed by atoms with Crippen molar-refractivity contribution in [3.05, 3.63) is 65.5 Å². The van der Waals surface area contributed by atoms with Gasteiger partial charge in [0.25, 0.3) is 5.91 Å². The lowest BCUT2D eigenvalue weighted by Gasteiger charge is -2.08. The van der Waals surface area contributed by atoms with E-state index >= 15 is 0 Å². The quantitative estimate of drug-likeness (QED) is 0.617. The molecule has 0 spiro atoms. The fourth-order valence-corrected chi connectivity index (χ4v) is 3.78. The predicted octanol–water partition coefficient (Wildman–Crippen LogP) is 4.04. The molecule has 1 amide bonds. The van der Waals surface area contributed by atoms with E-state index in [1.807, 2.05) is 35.8 Å². The molecule has 0 aliphatic heterocycles. The van der Waals surface area contributed by atoms with Crippen LogP contribution in [-0.4, -0.2) is 24.2 Å². The van der Waals surface area contributed by atoms with Gasteiger partial charge in [0.1, 0.15) is 17.0 Å². The summed E-state index contributed by atoms with van der Waals surface area (Å²) in [6.45, 7) is 6.86. The van der Waals surface area contributed by atoms with Gasteiger partial charge in [-0.25, -0.2) is 0 Å². The highest BCUT2D eigenvalue weighted by Crippen LogP contribution is 2.28. The molecule has 1 aromatic heterocycles. The fourth-order valence-electron chi connectivity index (χ4n) is 2.72. The summed E-state index contributed by atoms with van der Waals surface area (Å²) in [6.07, 6.45) is 1.78. The van der Waals surface area contributed by atoms with Gasteiger partial charge in [-0.2, -0.15) is 4.99 Å². The predicted molar refractivity (Wildman–Crippen MR) is 104 cm³/mol. The van der Waals surface area contributed by atoms with Crippen molar-refractivity contribution in [3.63, 3.8) is 0 Å². The Morgan fingerprint density at radius 3 is 2.73 bits per heavy atom. The van der Waals surface area contributed by atoms with E-state index < -0.39 is 0 Å². The Bertz CT molecular complexity index is 1020. The van der Waals surface area contributed by atoms with E-state index in [9.17, 15) is 4.79 Å². The van der Waals surface area contributed by atoms with Crippen molar-refractivity contribution in [2.45, 2.75) is 13.5 Å². The van der Waals surface area contributed by atoms with Crippen LogP contribution in [0.2, 0.25) is 0 Å². The molecule has 0 saturated carbocycles. The zero-order valence-electron chi connectivity index (χ0n) is 14.8. The monoisotopic (exact) mass is 368 g/mol. The summed E-state index contributed by atoms with van der Waals surface area (Å²) in [5.41, 5.74) is 1.36. The van der Waals surface area contributed by atoms with E-state index in [4.69, 9.17) is 9.47 Å². The minimum atomic E-state index is -0.343. The number of fused-ring (bicyclic) bond motifs is 1. The minimum Gasteiger partial charge on any atom is -0.496 e. The van der Waals surface area contributed by atoms with Crippen LogP contribution in [0.15, 0.2) is 60.1 Å². The smallest absolute Gasteiger partial charge is 0.283 e. The Hall–Kier alpha value is -2.86. The molecule has 5 nitrogen and oxygen atoms in total. The average molecular weight is 368 g/mol. The van der Waals surface area contributed by atoms with Crippen LogP contribution in [0.1, 0.15) is 17.3 Å². The second-order valence-corrected chi connectivity index (χ2v) is 6.45. The second-order valence-electron chi connectivity index (χ2n) is 5.44. The molecule has 0 atom stereocenters. The van der Waals surface area contributed by atoms with Crippen LogP contribution in [0.5, 0.6) is 11.5 Å². The number of benzene rings is 2. The molecule has 0 unspecified atom stereocenters. The molecule has 1 heterocycles. The topological polar surface area (TPSA) is 52.8 Å². The van der Waals surface area contributed by atoms with E-state index in [0.717, 1.165) is 16.0 Å². The van der Waals surface area contributed by atoms with Gasteiger partial charge >= 0.3 is 0 Å². The summed E-state index contributed by atoms with van der Waals surface area (Å²) in [5.74, 6) is 0.937. The molecule has 0 fully saturated rings. The van der Waals surface area contributed by atoms with Gasteiger partial charge < -0.3 is 14.0 Å². The molecule has 2 aromatic carbocycles. The van der Waals surface area contributed by atoms with Crippen molar-refractivity contribution in [3.8, 4) is 11.5 Å². The Labute approximate surface area is 155 Å². The number of aromatic nitrogens is 1. The van der Waals surface area contributed by atoms with Crippen LogP contribution < -0.4 is 14.3 Å². The molecule has 3 rings (SSSR count). The number of nitrogens with zero attached hydrogens (tertiary/aromatic N) is 2. The Morgan fingerprint density at radius 2 is 2.00 bits per heavy atom. The van der Waals surface area contributed by atoms with Crippen molar-refractivity contribution in [2.75, 3.05) is 13.7 Å². The summed E-state index contributed by atoms with van der Waals surface area (Å²) in [7, 11) is 1.54. The van der Waals surface area contributed by atoms with Gasteiger partial charge in [0, 0.05) is 6.54 Å². The number of carbonyl (C=O) groups excluding carboxylic acids is 1. The summed E-state index contributed by atoms with van der Waals surface area (Å²) in [5, 5.41) is 0. The van der Waals surface area contributed by atoms with Crippen molar-refractivity contribution >= 4 is 27.5 Å². The highest BCUT2D eigenvalue weighted by molar-refractivity contribution is 7.16. The maximum Gasteiger partial charge on any atom is 0.283 e. The number of thiazole rings is 1. The lowest BCUT2D eigenvalue weighted by atomic mass is 10.2. The first kappa shape index (κ1) is 17.9. The molecule has 0 N–H and O–H groups in total. The van der Waals surface area contributed by atoms with Crippen molar-refractivity contribution < 1.29 is 14.3 Å². The van der Waals surface area contributed by atoms with Crippen LogP contribution in [0.4, 0.5) is 0 Å². The van der Waals surface area contributed by atoms with Gasteiger partial charge in [-0.05, 0) is 31.2 Å². The molecule has 0 saturated heterocycles. The van der Waals surface area contributed by atoms with E-state index in [0.29, 0.717) is 29.3 Å². The first-order chi connectivity index (χ1) is 12.7. The largest absolute Gasteiger partial charge is 0.496 e. The third kappa shape index (κ3) is 3.41. The molecule has 0 bridgehead atoms. The maximum atomic E-state index is 12.7. The molecule has 0 radical (unpaired) electrons. The van der Waals surface area contributed by atoms with Gasteiger partial charge in [-0.1, -0.05) is 35.6 Å². The first-order valence-electron chi connectivity index (χ1n) is 8.27. The molecule has 6 heteroatoms. The number of hydrogen-bond donors (Lipinski definition) is 0. The Balaban J connectivity index is 2.19. The number of hydrogen-bond acceptors (Lipinski definition) is 4. The van der Waals surface area contributed by atoms with Gasteiger partial charge in [-0.3, -0.25) is 4.79 Å². The van der Waals surface area contributed by atoms with E-state index in [1.165, 1.54) is 18.4 Å². The molecule has 26 heavy (non-hydrogen) atoms. The van der Waals surface area contributed by atoms with Crippen molar-refractivity contribution in [1.29, 1.82) is 0 Å². The molecular formula is C20H20N2O3S. The third-order valence-corrected chi connectivity index (χ3v) is 4.85. The van der Waals surface area contributed by atoms with E-state index in [1.54, 1.807) is 24.3 Å². The van der Waals surface area contributed by atoms with Crippen molar-refractivity contribution in [2.24, 2.45) is 4.99 Å². The number of allylic oxidation sites excluding steroid dienone is 1. The van der Waals surface area contributed by atoms with Gasteiger partial charge in [0.05, 0.1) is 24.0 Å². The summed E-state index contributed by atoms with van der Waals surface area (Å²) in [6, 6.07) is 12.9. The summed E-state index contributed by atoms with van der Waals surface area (Å²) in [4.78, 5) is 17.7. The summed E-state index contributed by atoms with van der Waals surface area (Å²) >= 11 is 1.45. The van der Waals surface area contributed by atoms with Gasteiger partial charge in [0.15, 0.2) is 4.80 Å². The molecular weight excluding hydrogens is 348 g/mol. The maximum absolute atomic E-state index is 12.7. The SMILES string of the molecule is C=CCn1c(=NC(=O)c2ccccc2OC)sc2cccc(OCC)c21. The highest BCUT2D eigenvalue weighted by Gasteiger charge is 2.14. The average Bonchev–Trinajstić information content (AvgIpc) is 3.00. The lowest BCUT2D eigenvalue weighted by molar-refractivity contribution is 0.0995. The molecule has 3 aromatic rings. The standard InChI is InChI=1S/C20H20N2O3S/c1-4-13-22-18-16(25-5-2)11-8-12-17(18)26-20(22)21-19(23)14-9-6-7-10-15(14)24-3/h4,6-12H,1,5,13H2,2-3H3. The van der Waals surface area contributed by atoms with E-state index in [2.05, 4.69) is 11.6 Å². The summed E-state index contributed by atoms with van der Waals surface area (Å²) < 4.78 is 14.0. The first-order valence-corrected chi connectivity index (χ1v) is 9.09. The van der Waals surface area contributed by atoms with Crippen LogP contribution in [0, 0.1) is 0 Å². The highest BCUT2D eigenvalue weighted by atomic mass is 32.1. The minimum absolute atomic E-state index is 0.343. The van der Waals surface area contributed by atoms with Gasteiger partial charge in [-0.15, -0.1) is 6.58 Å². The second kappa shape index (κ2) is 8.01. The van der Waals surface area contributed by atoms with Crippen LogP contribution in [0.3, 0.4) is 0 Å². The van der Waals surface area contributed by atoms with Crippen molar-refractivity contribution in [1.82, 2.24) is 4.57 Å². The lowest BCUT2D eigenvalue weighted by Crippen LogP contribution is -2.17. The molecule has 0 aliphatic carbocycles. The zero-order chi connectivity index (χ0) is 18.5. The fraction of sp³-hybridized carbons (Fsp3) is 0.200. The number of rotatable bonds is 6. The number of methoxy groups -OCH3 is 1. The molecule has 134 valence electrons. The van der Waals surface area contributed by atoms with Crippen LogP contribution in [-0.2, 0) is 6.54 Å².